The molecular formula is C14H12O4. The van der Waals surface area contributed by atoms with Crippen LogP contribution < -0.4 is 0 Å². The van der Waals surface area contributed by atoms with Gasteiger partial charge in [0.2, 0.25) is 0 Å². The van der Waals surface area contributed by atoms with E-state index in [-0.39, 0.29) is 12.2 Å². The average Bonchev–Trinajstić information content (AvgIpc) is 2.89. The molecule has 0 aliphatic rings. The second kappa shape index (κ2) is 5.31. The first-order valence-electron chi connectivity index (χ1n) is 5.53. The number of carboxylic acid groups (broad SMARTS) is 1. The van der Waals surface area contributed by atoms with Crippen LogP contribution in [0.25, 0.3) is 0 Å². The first-order chi connectivity index (χ1) is 8.68. The number of hydrogen-bond donors (Lipinski definition) is 1. The van der Waals surface area contributed by atoms with Crippen molar-refractivity contribution in [3.05, 3.63) is 60.1 Å². The van der Waals surface area contributed by atoms with Gasteiger partial charge >= 0.3 is 5.97 Å². The van der Waals surface area contributed by atoms with Crippen molar-refractivity contribution in [3.8, 4) is 0 Å². The Hall–Kier alpha value is -2.36. The Morgan fingerprint density at radius 2 is 1.83 bits per heavy atom. The van der Waals surface area contributed by atoms with Crippen LogP contribution in [-0.2, 0) is 4.79 Å². The summed E-state index contributed by atoms with van der Waals surface area (Å²) in [5.74, 6) is -1.67. The fourth-order valence-corrected chi connectivity index (χ4v) is 1.79. The van der Waals surface area contributed by atoms with Gasteiger partial charge in [0.15, 0.2) is 5.78 Å². The van der Waals surface area contributed by atoms with E-state index in [9.17, 15) is 9.59 Å². The summed E-state index contributed by atoms with van der Waals surface area (Å²) in [6.07, 6.45) is 1.16. The maximum Gasteiger partial charge on any atom is 0.304 e. The zero-order valence-corrected chi connectivity index (χ0v) is 9.58. The SMILES string of the molecule is O=C(O)CC(C(=O)c1ccccc1)c1ccco1. The Labute approximate surface area is 104 Å². The Morgan fingerprint density at radius 1 is 1.11 bits per heavy atom. The summed E-state index contributed by atoms with van der Waals surface area (Å²) in [5.41, 5.74) is 0.486. The molecule has 1 N–H and O–H groups in total. The minimum atomic E-state index is -1.03. The summed E-state index contributed by atoms with van der Waals surface area (Å²) in [6, 6.07) is 11.9. The number of aliphatic carboxylic acids is 1. The van der Waals surface area contributed by atoms with E-state index in [0.717, 1.165) is 0 Å². The summed E-state index contributed by atoms with van der Waals surface area (Å²) < 4.78 is 5.15. The lowest BCUT2D eigenvalue weighted by Gasteiger charge is -2.11. The molecule has 0 saturated heterocycles. The van der Waals surface area contributed by atoms with Crippen molar-refractivity contribution in [2.24, 2.45) is 0 Å². The van der Waals surface area contributed by atoms with E-state index in [1.165, 1.54) is 6.26 Å². The van der Waals surface area contributed by atoms with Crippen LogP contribution in [0, 0.1) is 0 Å². The molecule has 2 aromatic rings. The molecule has 1 atom stereocenters. The van der Waals surface area contributed by atoms with E-state index in [2.05, 4.69) is 0 Å². The molecule has 0 bridgehead atoms. The van der Waals surface area contributed by atoms with Gasteiger partial charge in [-0.2, -0.15) is 0 Å². The van der Waals surface area contributed by atoms with Crippen molar-refractivity contribution < 1.29 is 19.1 Å². The number of ketones is 1. The number of Topliss-reactive ketones (excluding diaryl/α,β-unsaturated/α-hetero) is 1. The average molecular weight is 244 g/mol. The molecule has 92 valence electrons. The van der Waals surface area contributed by atoms with Crippen LogP contribution in [0.2, 0.25) is 0 Å². The van der Waals surface area contributed by atoms with E-state index in [0.29, 0.717) is 11.3 Å². The highest BCUT2D eigenvalue weighted by Gasteiger charge is 2.26. The summed E-state index contributed by atoms with van der Waals surface area (Å²) in [6.45, 7) is 0. The van der Waals surface area contributed by atoms with Gasteiger partial charge in [-0.3, -0.25) is 9.59 Å². The van der Waals surface area contributed by atoms with Crippen molar-refractivity contribution in [1.82, 2.24) is 0 Å². The topological polar surface area (TPSA) is 67.5 Å². The smallest absolute Gasteiger partial charge is 0.304 e. The van der Waals surface area contributed by atoms with E-state index in [1.807, 2.05) is 0 Å². The maximum absolute atomic E-state index is 12.3. The summed E-state index contributed by atoms with van der Waals surface area (Å²) in [7, 11) is 0. The van der Waals surface area contributed by atoms with Crippen LogP contribution >= 0.6 is 0 Å². The molecule has 0 aliphatic heterocycles. The normalized spacial score (nSPS) is 12.0. The predicted molar refractivity (Wildman–Crippen MR) is 64.5 cm³/mol. The molecule has 1 heterocycles. The minimum Gasteiger partial charge on any atom is -0.481 e. The molecule has 1 aromatic heterocycles. The fraction of sp³-hybridized carbons (Fsp3) is 0.143. The number of carboxylic acids is 1. The van der Waals surface area contributed by atoms with E-state index < -0.39 is 11.9 Å². The predicted octanol–water partition coefficient (Wildman–Crippen LogP) is 2.72. The zero-order chi connectivity index (χ0) is 13.0. The third kappa shape index (κ3) is 2.66. The van der Waals surface area contributed by atoms with Gasteiger partial charge in [0.25, 0.3) is 0 Å². The zero-order valence-electron chi connectivity index (χ0n) is 9.58. The second-order valence-electron chi connectivity index (χ2n) is 3.90. The first-order valence-corrected chi connectivity index (χ1v) is 5.53. The second-order valence-corrected chi connectivity index (χ2v) is 3.90. The van der Waals surface area contributed by atoms with Gasteiger partial charge in [-0.1, -0.05) is 30.3 Å². The van der Waals surface area contributed by atoms with Gasteiger partial charge < -0.3 is 9.52 Å². The van der Waals surface area contributed by atoms with Crippen molar-refractivity contribution in [1.29, 1.82) is 0 Å². The Bertz CT molecular complexity index is 528. The molecule has 0 spiro atoms. The van der Waals surface area contributed by atoms with Crippen LogP contribution in [0.5, 0.6) is 0 Å². The molecule has 0 saturated carbocycles. The highest BCUT2D eigenvalue weighted by Crippen LogP contribution is 2.24. The Balaban J connectivity index is 2.30. The summed E-state index contributed by atoms with van der Waals surface area (Å²) >= 11 is 0. The fourth-order valence-electron chi connectivity index (χ4n) is 1.79. The monoisotopic (exact) mass is 244 g/mol. The molecule has 0 fully saturated rings. The maximum atomic E-state index is 12.3. The van der Waals surface area contributed by atoms with Crippen molar-refractivity contribution in [2.75, 3.05) is 0 Å². The molecule has 1 unspecified atom stereocenters. The van der Waals surface area contributed by atoms with E-state index in [4.69, 9.17) is 9.52 Å². The molecular weight excluding hydrogens is 232 g/mol. The number of benzene rings is 1. The van der Waals surface area contributed by atoms with E-state index in [1.54, 1.807) is 42.5 Å². The Kier molecular flexibility index (Phi) is 3.57. The highest BCUT2D eigenvalue weighted by atomic mass is 16.4. The minimum absolute atomic E-state index is 0.243. The van der Waals surface area contributed by atoms with Crippen molar-refractivity contribution in [2.45, 2.75) is 12.3 Å². The van der Waals surface area contributed by atoms with Crippen LogP contribution in [0.3, 0.4) is 0 Å². The quantitative estimate of drug-likeness (QED) is 0.821. The van der Waals surface area contributed by atoms with Gasteiger partial charge in [0.1, 0.15) is 5.76 Å². The van der Waals surface area contributed by atoms with Gasteiger partial charge in [-0.15, -0.1) is 0 Å². The van der Waals surface area contributed by atoms with Crippen LogP contribution in [-0.4, -0.2) is 16.9 Å². The lowest BCUT2D eigenvalue weighted by Crippen LogP contribution is -2.16. The standard InChI is InChI=1S/C14H12O4/c15-13(16)9-11(12-7-4-8-18-12)14(17)10-5-2-1-3-6-10/h1-8,11H,9H2,(H,15,16). The number of carbonyl (C=O) groups is 2. The van der Waals surface area contributed by atoms with Crippen LogP contribution in [0.4, 0.5) is 0 Å². The molecule has 0 amide bonds. The third-order valence-corrected chi connectivity index (χ3v) is 2.64. The van der Waals surface area contributed by atoms with Crippen LogP contribution in [0.15, 0.2) is 53.1 Å². The molecule has 18 heavy (non-hydrogen) atoms. The molecule has 2 rings (SSSR count). The number of furan rings is 1. The summed E-state index contributed by atoms with van der Waals surface area (Å²) in [5, 5.41) is 8.88. The van der Waals surface area contributed by atoms with Gasteiger partial charge in [-0.25, -0.2) is 0 Å². The van der Waals surface area contributed by atoms with Gasteiger partial charge in [0.05, 0.1) is 18.6 Å². The third-order valence-electron chi connectivity index (χ3n) is 2.64. The van der Waals surface area contributed by atoms with Gasteiger partial charge in [-0.05, 0) is 12.1 Å². The number of carbonyl (C=O) groups excluding carboxylic acids is 1. The van der Waals surface area contributed by atoms with E-state index >= 15 is 0 Å². The van der Waals surface area contributed by atoms with Gasteiger partial charge in [0, 0.05) is 5.56 Å². The van der Waals surface area contributed by atoms with Crippen molar-refractivity contribution in [3.63, 3.8) is 0 Å². The number of hydrogen-bond acceptors (Lipinski definition) is 3. The lowest BCUT2D eigenvalue weighted by molar-refractivity contribution is -0.137. The number of rotatable bonds is 5. The van der Waals surface area contributed by atoms with Crippen LogP contribution in [0.1, 0.15) is 28.5 Å². The largest absolute Gasteiger partial charge is 0.481 e. The van der Waals surface area contributed by atoms with Crippen molar-refractivity contribution >= 4 is 11.8 Å². The molecule has 0 aliphatic carbocycles. The molecule has 0 radical (unpaired) electrons. The molecule has 4 heteroatoms. The highest BCUT2D eigenvalue weighted by molar-refractivity contribution is 6.02. The lowest BCUT2D eigenvalue weighted by atomic mass is 9.92. The first kappa shape index (κ1) is 12.1. The Morgan fingerprint density at radius 3 is 2.39 bits per heavy atom. The summed E-state index contributed by atoms with van der Waals surface area (Å²) in [4.78, 5) is 23.1. The molecule has 1 aromatic carbocycles. The molecule has 4 nitrogen and oxygen atoms in total.